The van der Waals surface area contributed by atoms with Crippen LogP contribution in [0, 0.1) is 12.3 Å². The van der Waals surface area contributed by atoms with E-state index in [0.717, 1.165) is 78.5 Å². The highest BCUT2D eigenvalue weighted by atomic mass is 16.3. The third-order valence-electron chi connectivity index (χ3n) is 8.89. The van der Waals surface area contributed by atoms with Crippen molar-refractivity contribution in [2.45, 2.75) is 62.3 Å². The van der Waals surface area contributed by atoms with Gasteiger partial charge in [0, 0.05) is 47.8 Å². The van der Waals surface area contributed by atoms with E-state index in [1.165, 1.54) is 11.9 Å². The van der Waals surface area contributed by atoms with Gasteiger partial charge in [0.1, 0.15) is 23.5 Å². The Hall–Kier alpha value is -4.00. The number of anilines is 1. The van der Waals surface area contributed by atoms with Crippen molar-refractivity contribution in [2.75, 3.05) is 5.73 Å². The number of aromatic nitrogens is 6. The summed E-state index contributed by atoms with van der Waals surface area (Å²) in [7, 11) is 1.89. The van der Waals surface area contributed by atoms with Crippen molar-refractivity contribution in [1.29, 1.82) is 0 Å². The topological polar surface area (TPSA) is 120 Å². The zero-order valence-electron chi connectivity index (χ0n) is 21.4. The second-order valence-corrected chi connectivity index (χ2v) is 11.0. The molecule has 192 valence electrons. The van der Waals surface area contributed by atoms with Gasteiger partial charge in [0.2, 0.25) is 0 Å². The third kappa shape index (κ3) is 3.27. The van der Waals surface area contributed by atoms with Crippen LogP contribution in [0.2, 0.25) is 0 Å². The first-order valence-electron chi connectivity index (χ1n) is 13.1. The highest BCUT2D eigenvalue weighted by Crippen LogP contribution is 2.57. The summed E-state index contributed by atoms with van der Waals surface area (Å²) in [5, 5.41) is 15.3. The van der Waals surface area contributed by atoms with Gasteiger partial charge < -0.3 is 20.0 Å². The van der Waals surface area contributed by atoms with Crippen molar-refractivity contribution in [3.05, 3.63) is 59.8 Å². The van der Waals surface area contributed by atoms with E-state index in [1.807, 2.05) is 24.0 Å². The number of fused-ring (bicyclic) bond motifs is 4. The minimum Gasteiger partial charge on any atom is -0.383 e. The molecule has 9 nitrogen and oxygen atoms in total. The van der Waals surface area contributed by atoms with Crippen LogP contribution in [0.15, 0.2) is 37.1 Å². The number of nitrogens with two attached hydrogens (primary N) is 1. The number of imidazole rings is 1. The molecule has 9 heteroatoms. The van der Waals surface area contributed by atoms with E-state index in [-0.39, 0.29) is 11.1 Å². The summed E-state index contributed by atoms with van der Waals surface area (Å²) < 4.78 is 4.09. The van der Waals surface area contributed by atoms with Crippen LogP contribution in [-0.2, 0) is 19.0 Å². The first-order chi connectivity index (χ1) is 18.4. The average Bonchev–Trinajstić information content (AvgIpc) is 3.69. The summed E-state index contributed by atoms with van der Waals surface area (Å²) in [5.74, 6) is 4.04. The van der Waals surface area contributed by atoms with Crippen molar-refractivity contribution in [3.8, 4) is 23.5 Å². The lowest BCUT2D eigenvalue weighted by Gasteiger charge is -2.31. The molecule has 0 radical (unpaired) electrons. The van der Waals surface area contributed by atoms with E-state index >= 15 is 0 Å². The summed E-state index contributed by atoms with van der Waals surface area (Å²) in [6.45, 7) is 0. The number of aliphatic hydroxyl groups is 1. The van der Waals surface area contributed by atoms with Crippen LogP contribution < -0.4 is 11.1 Å². The highest BCUT2D eigenvalue weighted by Gasteiger charge is 2.57. The maximum atomic E-state index is 11.0. The molecule has 4 aromatic heterocycles. The Morgan fingerprint density at radius 3 is 2.79 bits per heavy atom. The zero-order chi connectivity index (χ0) is 26.1. The molecule has 0 aromatic carbocycles. The molecular formula is C29H30N8O. The van der Waals surface area contributed by atoms with E-state index in [0.29, 0.717) is 11.6 Å². The van der Waals surface area contributed by atoms with Crippen LogP contribution in [0.25, 0.3) is 28.2 Å². The van der Waals surface area contributed by atoms with Crippen LogP contribution >= 0.6 is 0 Å². The van der Waals surface area contributed by atoms with Crippen molar-refractivity contribution in [1.82, 2.24) is 34.4 Å². The number of aliphatic hydroxyl groups excluding tert-OH is 1. The molecular weight excluding hydrogens is 476 g/mol. The Morgan fingerprint density at radius 2 is 2.03 bits per heavy atom. The summed E-state index contributed by atoms with van der Waals surface area (Å²) in [6, 6.07) is 2.19. The number of aryl methyl sites for hydroxylation is 2. The number of hydrogen-bond donors (Lipinski definition) is 3. The van der Waals surface area contributed by atoms with E-state index in [2.05, 4.69) is 44.0 Å². The van der Waals surface area contributed by atoms with Gasteiger partial charge >= 0.3 is 0 Å². The Bertz CT molecular complexity index is 1650. The standard InChI is InChI=1S/C29H30N8O/c1-3-21-22(19-14-18-6-4-5-7-20(18)32-15-19)23-24(30)33-17-34-25(23)37(21)29-10-8-28(16-29,9-11-29)35-27(38)26-31-12-13-36(26)2/h1,5,7,12-15,17,27,35,38H,4,6,8-11,16H2,2H3,(H2,30,33,34). The number of terminal acetylenes is 1. The van der Waals surface area contributed by atoms with E-state index in [1.54, 1.807) is 6.20 Å². The molecule has 2 fully saturated rings. The van der Waals surface area contributed by atoms with Crippen molar-refractivity contribution >= 4 is 22.9 Å². The van der Waals surface area contributed by atoms with Gasteiger partial charge in [-0.2, -0.15) is 0 Å². The molecule has 4 heterocycles. The van der Waals surface area contributed by atoms with Crippen LogP contribution in [-0.4, -0.2) is 39.7 Å². The second-order valence-electron chi connectivity index (χ2n) is 11.0. The molecule has 2 saturated carbocycles. The molecule has 7 rings (SSSR count). The Balaban J connectivity index is 1.35. The first-order valence-corrected chi connectivity index (χ1v) is 13.1. The lowest BCUT2D eigenvalue weighted by atomic mass is 9.90. The number of nitrogen functional groups attached to an aromatic ring is 1. The van der Waals surface area contributed by atoms with Gasteiger partial charge in [-0.05, 0) is 62.7 Å². The summed E-state index contributed by atoms with van der Waals surface area (Å²) in [6.07, 6.45) is 23.1. The fourth-order valence-corrected chi connectivity index (χ4v) is 7.13. The molecule has 3 aliphatic rings. The molecule has 1 unspecified atom stereocenters. The lowest BCUT2D eigenvalue weighted by Crippen LogP contribution is -2.44. The SMILES string of the molecule is C#Cc1c(-c2cnc3c(c2)CCC=C3)c2c(N)ncnc2n1C12CCC(NC(O)c3nccn3C)(CC1)C2. The number of nitrogens with one attached hydrogen (secondary N) is 1. The monoisotopic (exact) mass is 506 g/mol. The summed E-state index contributed by atoms with van der Waals surface area (Å²) >= 11 is 0. The molecule has 1 atom stereocenters. The molecule has 3 aliphatic carbocycles. The summed E-state index contributed by atoms with van der Waals surface area (Å²) in [5.41, 5.74) is 11.6. The third-order valence-corrected chi connectivity index (χ3v) is 8.89. The van der Waals surface area contributed by atoms with Gasteiger partial charge in [-0.15, -0.1) is 6.42 Å². The van der Waals surface area contributed by atoms with Crippen LogP contribution in [0.3, 0.4) is 0 Å². The van der Waals surface area contributed by atoms with Gasteiger partial charge in [-0.1, -0.05) is 12.0 Å². The van der Waals surface area contributed by atoms with E-state index in [9.17, 15) is 5.11 Å². The molecule has 0 aliphatic heterocycles. The van der Waals surface area contributed by atoms with Crippen molar-refractivity contribution in [3.63, 3.8) is 0 Å². The first kappa shape index (κ1) is 23.1. The van der Waals surface area contributed by atoms with Crippen molar-refractivity contribution in [2.24, 2.45) is 7.05 Å². The van der Waals surface area contributed by atoms with Gasteiger partial charge in [0.05, 0.1) is 11.1 Å². The molecule has 4 N–H and O–H groups in total. The minimum absolute atomic E-state index is 0.216. The molecule has 0 saturated heterocycles. The van der Waals surface area contributed by atoms with Crippen molar-refractivity contribution < 1.29 is 5.11 Å². The van der Waals surface area contributed by atoms with Crippen LogP contribution in [0.5, 0.6) is 0 Å². The average molecular weight is 507 g/mol. The number of nitrogens with zero attached hydrogens (tertiary/aromatic N) is 6. The fraction of sp³-hybridized carbons (Fsp3) is 0.379. The highest BCUT2D eigenvalue weighted by molar-refractivity contribution is 6.03. The predicted octanol–water partition coefficient (Wildman–Crippen LogP) is 3.44. The number of allylic oxidation sites excluding steroid dienone is 1. The second kappa shape index (κ2) is 8.25. The normalized spacial score (nSPS) is 24.6. The molecule has 2 bridgehead atoms. The minimum atomic E-state index is -0.846. The van der Waals surface area contributed by atoms with Gasteiger partial charge in [0.15, 0.2) is 12.1 Å². The van der Waals surface area contributed by atoms with Gasteiger partial charge in [-0.3, -0.25) is 10.3 Å². The largest absolute Gasteiger partial charge is 0.383 e. The predicted molar refractivity (Wildman–Crippen MR) is 146 cm³/mol. The number of hydrogen-bond acceptors (Lipinski definition) is 7. The maximum Gasteiger partial charge on any atom is 0.164 e. The maximum absolute atomic E-state index is 11.0. The molecule has 0 amide bonds. The Kier molecular flexibility index (Phi) is 5.02. The van der Waals surface area contributed by atoms with Crippen LogP contribution in [0.1, 0.15) is 67.5 Å². The van der Waals surface area contributed by atoms with E-state index < -0.39 is 6.23 Å². The fourth-order valence-electron chi connectivity index (χ4n) is 7.13. The Labute approximate surface area is 220 Å². The quantitative estimate of drug-likeness (QED) is 0.280. The Morgan fingerprint density at radius 1 is 1.18 bits per heavy atom. The molecule has 0 spiro atoms. The van der Waals surface area contributed by atoms with Gasteiger partial charge in [0.25, 0.3) is 0 Å². The van der Waals surface area contributed by atoms with Gasteiger partial charge in [-0.25, -0.2) is 15.0 Å². The number of rotatable bonds is 5. The number of pyridine rings is 1. The smallest absolute Gasteiger partial charge is 0.164 e. The summed E-state index contributed by atoms with van der Waals surface area (Å²) in [4.78, 5) is 18.2. The van der Waals surface area contributed by atoms with E-state index in [4.69, 9.17) is 22.1 Å². The molecule has 38 heavy (non-hydrogen) atoms. The lowest BCUT2D eigenvalue weighted by molar-refractivity contribution is 0.0822. The molecule has 4 aromatic rings. The van der Waals surface area contributed by atoms with Crippen LogP contribution in [0.4, 0.5) is 5.82 Å². The zero-order valence-corrected chi connectivity index (χ0v) is 21.4.